The fraction of sp³-hybridized carbons (Fsp3) is 0.462. The van der Waals surface area contributed by atoms with Gasteiger partial charge < -0.3 is 4.84 Å². The summed E-state index contributed by atoms with van der Waals surface area (Å²) in [7, 11) is 0. The maximum atomic E-state index is 5.58. The summed E-state index contributed by atoms with van der Waals surface area (Å²) in [6.45, 7) is 8.89. The third-order valence-electron chi connectivity index (χ3n) is 2.63. The second-order valence-corrected chi connectivity index (χ2v) is 4.55. The Labute approximate surface area is 103 Å². The van der Waals surface area contributed by atoms with E-state index in [2.05, 4.69) is 20.4 Å². The maximum absolute atomic E-state index is 5.58. The van der Waals surface area contributed by atoms with E-state index in [1.807, 2.05) is 30.5 Å². The Bertz CT molecular complexity index is 384. The third-order valence-corrected chi connectivity index (χ3v) is 2.95. The van der Waals surface area contributed by atoms with E-state index >= 15 is 0 Å². The van der Waals surface area contributed by atoms with Gasteiger partial charge in [-0.1, -0.05) is 38.2 Å². The molecule has 0 aliphatic heterocycles. The van der Waals surface area contributed by atoms with Crippen LogP contribution in [0.2, 0.25) is 0 Å². The van der Waals surface area contributed by atoms with Gasteiger partial charge in [0.15, 0.2) is 0 Å². The summed E-state index contributed by atoms with van der Waals surface area (Å²) in [6, 6.07) is 5.66. The summed E-state index contributed by atoms with van der Waals surface area (Å²) in [6.07, 6.45) is 4.80. The number of allylic oxidation sites excluding steroid dienone is 1. The molecule has 0 N–H and O–H groups in total. The van der Waals surface area contributed by atoms with Gasteiger partial charge in [-0.2, -0.15) is 4.73 Å². The lowest BCUT2D eigenvalue weighted by atomic mass is 9.93. The number of hydrogen-bond donors (Lipinski definition) is 0. The van der Waals surface area contributed by atoms with Crippen molar-refractivity contribution in [3.63, 3.8) is 0 Å². The van der Waals surface area contributed by atoms with Crippen LogP contribution in [0.25, 0.3) is 0 Å². The van der Waals surface area contributed by atoms with Crippen molar-refractivity contribution in [3.05, 3.63) is 41.7 Å². The first-order chi connectivity index (χ1) is 7.65. The highest BCUT2D eigenvalue weighted by molar-refractivity contribution is 7.71. The minimum atomic E-state index is 0.498. The largest absolute Gasteiger partial charge is 0.413 e. The van der Waals surface area contributed by atoms with Crippen molar-refractivity contribution in [2.75, 3.05) is 6.61 Å². The number of pyridine rings is 1. The summed E-state index contributed by atoms with van der Waals surface area (Å²) >= 11 is 5.13. The smallest absolute Gasteiger partial charge is 0.142 e. The number of rotatable bonds is 6. The van der Waals surface area contributed by atoms with E-state index < -0.39 is 0 Å². The lowest BCUT2D eigenvalue weighted by Gasteiger charge is -2.17. The molecule has 1 unspecified atom stereocenters. The van der Waals surface area contributed by atoms with Crippen molar-refractivity contribution in [1.29, 1.82) is 0 Å². The van der Waals surface area contributed by atoms with Gasteiger partial charge in [0.25, 0.3) is 0 Å². The van der Waals surface area contributed by atoms with E-state index in [-0.39, 0.29) is 0 Å². The number of hydrogen-bond acceptors (Lipinski definition) is 2. The zero-order valence-electron chi connectivity index (χ0n) is 9.93. The van der Waals surface area contributed by atoms with Crippen molar-refractivity contribution in [2.24, 2.45) is 11.8 Å². The molecule has 16 heavy (non-hydrogen) atoms. The zero-order chi connectivity index (χ0) is 12.0. The van der Waals surface area contributed by atoms with Crippen molar-refractivity contribution in [1.82, 2.24) is 4.73 Å². The van der Waals surface area contributed by atoms with Crippen LogP contribution in [0.4, 0.5) is 0 Å². The van der Waals surface area contributed by atoms with Gasteiger partial charge in [-0.15, -0.1) is 6.58 Å². The quantitative estimate of drug-likeness (QED) is 0.555. The fourth-order valence-electron chi connectivity index (χ4n) is 1.53. The van der Waals surface area contributed by atoms with Gasteiger partial charge >= 0.3 is 0 Å². The molecular weight excluding hydrogens is 218 g/mol. The van der Waals surface area contributed by atoms with Crippen LogP contribution in [-0.4, -0.2) is 11.3 Å². The predicted molar refractivity (Wildman–Crippen MR) is 69.9 cm³/mol. The van der Waals surface area contributed by atoms with Crippen molar-refractivity contribution < 1.29 is 4.84 Å². The molecule has 0 bridgehead atoms. The highest BCUT2D eigenvalue weighted by Crippen LogP contribution is 2.15. The second-order valence-electron chi connectivity index (χ2n) is 4.13. The molecule has 0 amide bonds. The molecule has 0 saturated heterocycles. The first-order valence-corrected chi connectivity index (χ1v) is 5.99. The molecule has 88 valence electrons. The molecule has 0 aliphatic carbocycles. The normalized spacial score (nSPS) is 12.4. The minimum absolute atomic E-state index is 0.498. The Balaban J connectivity index is 2.44. The van der Waals surface area contributed by atoms with Crippen molar-refractivity contribution >= 4 is 12.2 Å². The van der Waals surface area contributed by atoms with Gasteiger partial charge in [-0.05, 0) is 30.4 Å². The Hall–Kier alpha value is -1.09. The Kier molecular flexibility index (Phi) is 5.26. The molecule has 0 fully saturated rings. The molecule has 0 spiro atoms. The first kappa shape index (κ1) is 13.0. The molecule has 3 heteroatoms. The van der Waals surface area contributed by atoms with Crippen LogP contribution >= 0.6 is 12.2 Å². The highest BCUT2D eigenvalue weighted by atomic mass is 32.1. The molecule has 0 aromatic carbocycles. The Morgan fingerprint density at radius 1 is 1.50 bits per heavy atom. The van der Waals surface area contributed by atoms with E-state index in [9.17, 15) is 0 Å². The molecular formula is C13H19NOS. The monoisotopic (exact) mass is 237 g/mol. The summed E-state index contributed by atoms with van der Waals surface area (Å²) < 4.78 is 2.33. The summed E-state index contributed by atoms with van der Waals surface area (Å²) in [5, 5.41) is 0. The average Bonchev–Trinajstić information content (AvgIpc) is 2.26. The van der Waals surface area contributed by atoms with Gasteiger partial charge in [0, 0.05) is 6.20 Å². The van der Waals surface area contributed by atoms with Gasteiger partial charge in [-0.3, -0.25) is 0 Å². The molecule has 0 aliphatic rings. The average molecular weight is 237 g/mol. The number of nitrogens with zero attached hydrogens (tertiary/aromatic N) is 1. The Morgan fingerprint density at radius 3 is 2.81 bits per heavy atom. The summed E-state index contributed by atoms with van der Waals surface area (Å²) in [5.74, 6) is 1.10. The van der Waals surface area contributed by atoms with Crippen LogP contribution in [0.5, 0.6) is 0 Å². The SMILES string of the molecule is C=CC(CCOn1ccccc1=S)C(C)C. The van der Waals surface area contributed by atoms with Crippen LogP contribution in [0, 0.1) is 16.5 Å². The first-order valence-electron chi connectivity index (χ1n) is 5.58. The second kappa shape index (κ2) is 6.48. The van der Waals surface area contributed by atoms with Crippen LogP contribution < -0.4 is 4.84 Å². The lowest BCUT2D eigenvalue weighted by molar-refractivity contribution is 0.0940. The van der Waals surface area contributed by atoms with E-state index in [1.54, 1.807) is 4.73 Å². The predicted octanol–water partition coefficient (Wildman–Crippen LogP) is 3.49. The van der Waals surface area contributed by atoms with Crippen molar-refractivity contribution in [2.45, 2.75) is 20.3 Å². The molecule has 0 radical (unpaired) electrons. The highest BCUT2D eigenvalue weighted by Gasteiger charge is 2.08. The molecule has 1 aromatic heterocycles. The van der Waals surface area contributed by atoms with Crippen LogP contribution in [0.15, 0.2) is 37.1 Å². The molecule has 0 saturated carbocycles. The van der Waals surface area contributed by atoms with E-state index in [0.717, 1.165) is 6.42 Å². The third kappa shape index (κ3) is 3.81. The molecule has 1 rings (SSSR count). The molecule has 1 heterocycles. The summed E-state index contributed by atoms with van der Waals surface area (Å²) in [5.41, 5.74) is 0. The van der Waals surface area contributed by atoms with Crippen LogP contribution in [0.1, 0.15) is 20.3 Å². The van der Waals surface area contributed by atoms with Gasteiger partial charge in [0.1, 0.15) is 11.2 Å². The number of aromatic nitrogens is 1. The fourth-order valence-corrected chi connectivity index (χ4v) is 1.72. The van der Waals surface area contributed by atoms with Gasteiger partial charge in [-0.25, -0.2) is 0 Å². The van der Waals surface area contributed by atoms with Gasteiger partial charge in [0.05, 0.1) is 0 Å². The Morgan fingerprint density at radius 2 is 2.25 bits per heavy atom. The summed E-state index contributed by atoms with van der Waals surface area (Å²) in [4.78, 5) is 5.58. The molecule has 2 nitrogen and oxygen atoms in total. The molecule has 1 aromatic rings. The minimum Gasteiger partial charge on any atom is -0.413 e. The van der Waals surface area contributed by atoms with Crippen molar-refractivity contribution in [3.8, 4) is 0 Å². The zero-order valence-corrected chi connectivity index (χ0v) is 10.7. The molecule has 1 atom stereocenters. The van der Waals surface area contributed by atoms with Crippen LogP contribution in [0.3, 0.4) is 0 Å². The topological polar surface area (TPSA) is 14.2 Å². The lowest BCUT2D eigenvalue weighted by Crippen LogP contribution is -2.17. The van der Waals surface area contributed by atoms with E-state index in [4.69, 9.17) is 17.1 Å². The standard InChI is InChI=1S/C13H19NOS/c1-4-12(11(2)3)8-10-15-14-9-6-5-7-13(14)16/h4-7,9,11-12H,1,8,10H2,2-3H3. The van der Waals surface area contributed by atoms with E-state index in [0.29, 0.717) is 23.1 Å². The van der Waals surface area contributed by atoms with Crippen LogP contribution in [-0.2, 0) is 0 Å². The van der Waals surface area contributed by atoms with Gasteiger partial charge in [0.2, 0.25) is 0 Å². The van der Waals surface area contributed by atoms with E-state index in [1.165, 1.54) is 0 Å². The maximum Gasteiger partial charge on any atom is 0.142 e.